The minimum atomic E-state index is -5.01. The van der Waals surface area contributed by atoms with Gasteiger partial charge in [0.15, 0.2) is 0 Å². The lowest BCUT2D eigenvalue weighted by molar-refractivity contribution is -0.188. The summed E-state index contributed by atoms with van der Waals surface area (Å²) in [5.74, 6) is -3.12. The van der Waals surface area contributed by atoms with Gasteiger partial charge in [0, 0.05) is 16.0 Å². The fourth-order valence-electron chi connectivity index (χ4n) is 2.72. The Labute approximate surface area is 145 Å². The van der Waals surface area contributed by atoms with E-state index in [4.69, 9.17) is 4.74 Å². The highest BCUT2D eigenvalue weighted by atomic mass is 127. The van der Waals surface area contributed by atoms with Gasteiger partial charge in [-0.1, -0.05) is 18.2 Å². The molecule has 1 saturated heterocycles. The molecule has 0 saturated carbocycles. The summed E-state index contributed by atoms with van der Waals surface area (Å²) in [5.41, 5.74) is 0.833. The lowest BCUT2D eigenvalue weighted by Gasteiger charge is -2.23. The molecule has 0 N–H and O–H groups in total. The van der Waals surface area contributed by atoms with Gasteiger partial charge in [0.1, 0.15) is 6.04 Å². The molecule has 1 aromatic carbocycles. The molecule has 1 amide bonds. The van der Waals surface area contributed by atoms with Gasteiger partial charge in [-0.15, -0.1) is 0 Å². The summed E-state index contributed by atoms with van der Waals surface area (Å²) in [7, 11) is 0. The van der Waals surface area contributed by atoms with E-state index in [2.05, 4.69) is 22.6 Å². The van der Waals surface area contributed by atoms with Crippen molar-refractivity contribution >= 4 is 34.5 Å². The third-order valence-electron chi connectivity index (χ3n) is 3.71. The van der Waals surface area contributed by atoms with Crippen LogP contribution in [0.4, 0.5) is 13.2 Å². The number of esters is 1. The Bertz CT molecular complexity index is 606. The predicted octanol–water partition coefficient (Wildman–Crippen LogP) is 3.10. The number of alkyl halides is 3. The number of halogens is 4. The first kappa shape index (κ1) is 18.0. The Kier molecular flexibility index (Phi) is 5.53. The summed E-state index contributed by atoms with van der Waals surface area (Å²) in [6, 6.07) is 6.04. The second-order valence-corrected chi connectivity index (χ2v) is 6.34. The molecule has 2 atom stereocenters. The maximum atomic E-state index is 12.8. The highest BCUT2D eigenvalue weighted by molar-refractivity contribution is 14.1. The van der Waals surface area contributed by atoms with Gasteiger partial charge in [-0.25, -0.2) is 4.79 Å². The Hall–Kier alpha value is -1.32. The molecule has 0 aromatic heterocycles. The predicted molar refractivity (Wildman–Crippen MR) is 84.7 cm³/mol. The molecule has 2 rings (SSSR count). The molecule has 1 aromatic rings. The quantitative estimate of drug-likeness (QED) is 0.535. The van der Waals surface area contributed by atoms with Crippen molar-refractivity contribution in [2.45, 2.75) is 31.5 Å². The van der Waals surface area contributed by atoms with Gasteiger partial charge >= 0.3 is 18.1 Å². The van der Waals surface area contributed by atoms with Gasteiger partial charge in [0.05, 0.1) is 6.61 Å². The fourth-order valence-corrected chi connectivity index (χ4v) is 3.54. The molecular formula is C15H15F3INO3. The van der Waals surface area contributed by atoms with E-state index in [0.717, 1.165) is 9.13 Å². The third-order valence-corrected chi connectivity index (χ3v) is 4.69. The number of ether oxygens (including phenoxy) is 1. The van der Waals surface area contributed by atoms with Crippen LogP contribution in [0.25, 0.3) is 0 Å². The SMILES string of the molecule is CCOC(=O)[C@@H]1C[C@@H](c2ccccc2I)CN1C(=O)C(F)(F)F. The minimum absolute atomic E-state index is 0.0525. The minimum Gasteiger partial charge on any atom is -0.464 e. The fraction of sp³-hybridized carbons (Fsp3) is 0.467. The van der Waals surface area contributed by atoms with Crippen LogP contribution in [0.1, 0.15) is 24.8 Å². The summed E-state index contributed by atoms with van der Waals surface area (Å²) in [5, 5.41) is 0. The number of hydrogen-bond acceptors (Lipinski definition) is 3. The van der Waals surface area contributed by atoms with Crippen LogP contribution in [0, 0.1) is 3.57 Å². The van der Waals surface area contributed by atoms with Crippen molar-refractivity contribution in [3.63, 3.8) is 0 Å². The van der Waals surface area contributed by atoms with Crippen LogP contribution in [0.3, 0.4) is 0 Å². The maximum absolute atomic E-state index is 12.8. The van der Waals surface area contributed by atoms with E-state index < -0.39 is 24.1 Å². The van der Waals surface area contributed by atoms with E-state index in [9.17, 15) is 22.8 Å². The van der Waals surface area contributed by atoms with Crippen molar-refractivity contribution in [1.29, 1.82) is 0 Å². The van der Waals surface area contributed by atoms with E-state index in [1.54, 1.807) is 19.1 Å². The number of carbonyl (C=O) groups is 2. The van der Waals surface area contributed by atoms with Gasteiger partial charge in [0.2, 0.25) is 0 Å². The summed E-state index contributed by atoms with van der Waals surface area (Å²) < 4.78 is 44.1. The van der Waals surface area contributed by atoms with E-state index in [1.165, 1.54) is 0 Å². The molecule has 4 nitrogen and oxygen atoms in total. The highest BCUT2D eigenvalue weighted by Gasteiger charge is 2.50. The first-order valence-electron chi connectivity index (χ1n) is 7.04. The molecule has 1 aliphatic rings. The summed E-state index contributed by atoms with van der Waals surface area (Å²) >= 11 is 2.09. The van der Waals surface area contributed by atoms with Gasteiger partial charge in [-0.3, -0.25) is 4.79 Å². The number of nitrogens with zero attached hydrogens (tertiary/aromatic N) is 1. The average Bonchev–Trinajstić information content (AvgIpc) is 2.91. The zero-order valence-corrected chi connectivity index (χ0v) is 14.4. The summed E-state index contributed by atoms with van der Waals surface area (Å²) in [4.78, 5) is 24.2. The van der Waals surface area contributed by atoms with Crippen LogP contribution in [0.15, 0.2) is 24.3 Å². The van der Waals surface area contributed by atoms with Gasteiger partial charge in [0.25, 0.3) is 0 Å². The molecule has 0 aliphatic carbocycles. The van der Waals surface area contributed by atoms with Crippen molar-refractivity contribution < 1.29 is 27.5 Å². The average molecular weight is 441 g/mol. The summed E-state index contributed by atoms with van der Waals surface area (Å²) in [6.07, 6.45) is -4.88. The third kappa shape index (κ3) is 3.96. The van der Waals surface area contributed by atoms with Gasteiger partial charge in [-0.05, 0) is 47.6 Å². The molecule has 0 spiro atoms. The van der Waals surface area contributed by atoms with Crippen molar-refractivity contribution in [1.82, 2.24) is 4.90 Å². The molecule has 0 unspecified atom stereocenters. The van der Waals surface area contributed by atoms with Crippen LogP contribution < -0.4 is 0 Å². The lowest BCUT2D eigenvalue weighted by atomic mass is 9.96. The van der Waals surface area contributed by atoms with Crippen LogP contribution in [-0.4, -0.2) is 42.1 Å². The number of hydrogen-bond donors (Lipinski definition) is 0. The number of rotatable bonds is 3. The van der Waals surface area contributed by atoms with Crippen molar-refractivity contribution in [3.8, 4) is 0 Å². The molecule has 0 radical (unpaired) electrons. The number of likely N-dealkylation sites (tertiary alicyclic amines) is 1. The molecule has 1 fully saturated rings. The summed E-state index contributed by atoms with van der Waals surface area (Å²) in [6.45, 7) is 1.47. The maximum Gasteiger partial charge on any atom is 0.471 e. The number of benzene rings is 1. The van der Waals surface area contributed by atoms with Crippen LogP contribution in [0.5, 0.6) is 0 Å². The Balaban J connectivity index is 2.30. The largest absolute Gasteiger partial charge is 0.471 e. The molecule has 0 bridgehead atoms. The van der Waals surface area contributed by atoms with Crippen molar-refractivity contribution in [2.75, 3.05) is 13.2 Å². The van der Waals surface area contributed by atoms with Gasteiger partial charge < -0.3 is 9.64 Å². The number of carbonyl (C=O) groups excluding carboxylic acids is 2. The Morgan fingerprint density at radius 1 is 1.35 bits per heavy atom. The topological polar surface area (TPSA) is 46.6 Å². The second kappa shape index (κ2) is 7.06. The Morgan fingerprint density at radius 3 is 2.57 bits per heavy atom. The van der Waals surface area contributed by atoms with Gasteiger partial charge in [-0.2, -0.15) is 13.2 Å². The molecule has 1 heterocycles. The van der Waals surface area contributed by atoms with E-state index in [1.807, 2.05) is 12.1 Å². The monoisotopic (exact) mass is 441 g/mol. The first-order valence-corrected chi connectivity index (χ1v) is 8.12. The molecule has 126 valence electrons. The molecule has 1 aliphatic heterocycles. The van der Waals surface area contributed by atoms with Crippen molar-refractivity contribution in [3.05, 3.63) is 33.4 Å². The zero-order chi connectivity index (χ0) is 17.2. The molecule has 23 heavy (non-hydrogen) atoms. The van der Waals surface area contributed by atoms with Crippen LogP contribution in [-0.2, 0) is 14.3 Å². The molecular weight excluding hydrogens is 426 g/mol. The lowest BCUT2D eigenvalue weighted by Crippen LogP contribution is -2.47. The van der Waals surface area contributed by atoms with E-state index in [0.29, 0.717) is 4.90 Å². The van der Waals surface area contributed by atoms with E-state index >= 15 is 0 Å². The van der Waals surface area contributed by atoms with Crippen LogP contribution >= 0.6 is 22.6 Å². The smallest absolute Gasteiger partial charge is 0.464 e. The highest BCUT2D eigenvalue weighted by Crippen LogP contribution is 2.36. The molecule has 8 heteroatoms. The second-order valence-electron chi connectivity index (χ2n) is 5.18. The van der Waals surface area contributed by atoms with Crippen molar-refractivity contribution in [2.24, 2.45) is 0 Å². The first-order chi connectivity index (χ1) is 10.8. The zero-order valence-electron chi connectivity index (χ0n) is 12.3. The standard InChI is InChI=1S/C15H15F3INO3/c1-2-23-13(21)12-7-9(10-5-3-4-6-11(10)19)8-20(12)14(22)15(16,17)18/h3-6,9,12H,2,7-8H2,1H3/t9-,12+/m1/s1. The normalized spacial score (nSPS) is 21.3. The Morgan fingerprint density at radius 2 is 2.00 bits per heavy atom. The number of amides is 1. The van der Waals surface area contributed by atoms with Crippen LogP contribution in [0.2, 0.25) is 0 Å². The van der Waals surface area contributed by atoms with E-state index in [-0.39, 0.29) is 25.5 Å².